The van der Waals surface area contributed by atoms with Gasteiger partial charge in [0.25, 0.3) is 5.91 Å². The minimum Gasteiger partial charge on any atom is -0.396 e. The highest BCUT2D eigenvalue weighted by Gasteiger charge is 2.24. The first kappa shape index (κ1) is 16.0. The number of carbonyl (C=O) groups excluding carboxylic acids is 2. The van der Waals surface area contributed by atoms with Crippen molar-refractivity contribution in [2.75, 3.05) is 6.61 Å². The maximum Gasteiger partial charge on any atom is 0.261 e. The van der Waals surface area contributed by atoms with Crippen molar-refractivity contribution in [1.29, 1.82) is 0 Å². The van der Waals surface area contributed by atoms with Crippen LogP contribution in [0.2, 0.25) is 0 Å². The Kier molecular flexibility index (Phi) is 5.76. The molecule has 0 aromatic carbocycles. The minimum absolute atomic E-state index is 0.146. The molecule has 0 radical (unpaired) electrons. The van der Waals surface area contributed by atoms with E-state index in [0.717, 1.165) is 25.7 Å². The van der Waals surface area contributed by atoms with Crippen molar-refractivity contribution in [1.82, 2.24) is 10.6 Å². The highest BCUT2D eigenvalue weighted by atomic mass is 32.1. The Morgan fingerprint density at radius 1 is 1.38 bits per heavy atom. The molecule has 0 spiro atoms. The van der Waals surface area contributed by atoms with E-state index in [-0.39, 0.29) is 24.5 Å². The molecule has 0 bridgehead atoms. The summed E-state index contributed by atoms with van der Waals surface area (Å²) in [6.07, 6.45) is 3.67. The molecule has 1 unspecified atom stereocenters. The van der Waals surface area contributed by atoms with Crippen LogP contribution in [0.15, 0.2) is 17.5 Å². The monoisotopic (exact) mass is 310 g/mol. The standard InChI is InChI=1S/C15H22N2O3S/c1-10(16-15(20)13-3-2-8-21-13)14(19)17-12-6-4-11(9-18)5-7-12/h2-3,8,10-12,18H,4-7,9H2,1H3,(H,16,20)(H,17,19). The second kappa shape index (κ2) is 7.56. The molecule has 1 aliphatic rings. The maximum atomic E-state index is 12.1. The Balaban J connectivity index is 1.76. The van der Waals surface area contributed by atoms with Gasteiger partial charge in [-0.15, -0.1) is 11.3 Å². The second-order valence-corrected chi connectivity index (χ2v) is 6.53. The van der Waals surface area contributed by atoms with Crippen LogP contribution in [0.4, 0.5) is 0 Å². The molecule has 3 N–H and O–H groups in total. The predicted octanol–water partition coefficient (Wildman–Crippen LogP) is 1.53. The van der Waals surface area contributed by atoms with E-state index in [0.29, 0.717) is 10.8 Å². The maximum absolute atomic E-state index is 12.1. The molecule has 6 heteroatoms. The van der Waals surface area contributed by atoms with Gasteiger partial charge in [-0.05, 0) is 50.0 Å². The van der Waals surface area contributed by atoms with Crippen LogP contribution in [0, 0.1) is 5.92 Å². The van der Waals surface area contributed by atoms with Gasteiger partial charge in [0.1, 0.15) is 6.04 Å². The third-order valence-corrected chi connectivity index (χ3v) is 4.81. The smallest absolute Gasteiger partial charge is 0.261 e. The lowest BCUT2D eigenvalue weighted by Gasteiger charge is -2.28. The highest BCUT2D eigenvalue weighted by molar-refractivity contribution is 7.12. The zero-order chi connectivity index (χ0) is 15.2. The van der Waals surface area contributed by atoms with E-state index in [4.69, 9.17) is 5.11 Å². The quantitative estimate of drug-likeness (QED) is 0.772. The molecule has 21 heavy (non-hydrogen) atoms. The van der Waals surface area contributed by atoms with Crippen molar-refractivity contribution in [3.8, 4) is 0 Å². The Morgan fingerprint density at radius 3 is 2.67 bits per heavy atom. The summed E-state index contributed by atoms with van der Waals surface area (Å²) in [4.78, 5) is 24.6. The Bertz CT molecular complexity index is 467. The SMILES string of the molecule is CC(NC(=O)c1cccs1)C(=O)NC1CCC(CO)CC1. The van der Waals surface area contributed by atoms with Gasteiger partial charge in [0.2, 0.25) is 5.91 Å². The number of aliphatic hydroxyl groups is 1. The summed E-state index contributed by atoms with van der Waals surface area (Å²) in [5.41, 5.74) is 0. The number of hydrogen-bond acceptors (Lipinski definition) is 4. The summed E-state index contributed by atoms with van der Waals surface area (Å²) in [5.74, 6) is 0.0121. The minimum atomic E-state index is -0.546. The van der Waals surface area contributed by atoms with Crippen LogP contribution >= 0.6 is 11.3 Å². The van der Waals surface area contributed by atoms with Crippen LogP contribution in [0.1, 0.15) is 42.3 Å². The van der Waals surface area contributed by atoms with Crippen molar-refractivity contribution in [3.05, 3.63) is 22.4 Å². The fourth-order valence-electron chi connectivity index (χ4n) is 2.56. The van der Waals surface area contributed by atoms with E-state index < -0.39 is 6.04 Å². The van der Waals surface area contributed by atoms with E-state index in [1.165, 1.54) is 11.3 Å². The van der Waals surface area contributed by atoms with Crippen LogP contribution in [0.3, 0.4) is 0 Å². The summed E-state index contributed by atoms with van der Waals surface area (Å²) in [7, 11) is 0. The largest absolute Gasteiger partial charge is 0.396 e. The lowest BCUT2D eigenvalue weighted by atomic mass is 9.86. The number of amides is 2. The zero-order valence-corrected chi connectivity index (χ0v) is 13.0. The summed E-state index contributed by atoms with van der Waals surface area (Å²) in [5, 5.41) is 16.6. The molecule has 1 aliphatic carbocycles. The summed E-state index contributed by atoms with van der Waals surface area (Å²) in [6, 6.07) is 3.15. The Morgan fingerprint density at radius 2 is 2.10 bits per heavy atom. The third-order valence-electron chi connectivity index (χ3n) is 3.94. The van der Waals surface area contributed by atoms with E-state index in [1.807, 2.05) is 11.4 Å². The van der Waals surface area contributed by atoms with E-state index in [9.17, 15) is 9.59 Å². The molecule has 1 aromatic heterocycles. The van der Waals surface area contributed by atoms with Crippen LogP contribution in [-0.2, 0) is 4.79 Å². The molecule has 2 rings (SSSR count). The van der Waals surface area contributed by atoms with Gasteiger partial charge in [-0.1, -0.05) is 6.07 Å². The lowest BCUT2D eigenvalue weighted by molar-refractivity contribution is -0.123. The molecule has 5 nitrogen and oxygen atoms in total. The van der Waals surface area contributed by atoms with Gasteiger partial charge in [0, 0.05) is 12.6 Å². The zero-order valence-electron chi connectivity index (χ0n) is 12.2. The van der Waals surface area contributed by atoms with Gasteiger partial charge in [-0.3, -0.25) is 9.59 Å². The predicted molar refractivity (Wildman–Crippen MR) is 82.2 cm³/mol. The molecule has 116 valence electrons. The number of hydrogen-bond donors (Lipinski definition) is 3. The lowest BCUT2D eigenvalue weighted by Crippen LogP contribution is -2.48. The molecular weight excluding hydrogens is 288 g/mol. The molecule has 2 amide bonds. The van der Waals surface area contributed by atoms with Gasteiger partial charge in [-0.2, -0.15) is 0 Å². The van der Waals surface area contributed by atoms with Crippen LogP contribution in [-0.4, -0.2) is 35.6 Å². The number of thiophene rings is 1. The number of nitrogens with one attached hydrogen (secondary N) is 2. The van der Waals surface area contributed by atoms with Crippen LogP contribution in [0.5, 0.6) is 0 Å². The molecule has 0 aliphatic heterocycles. The first-order chi connectivity index (χ1) is 10.1. The normalized spacial score (nSPS) is 23.3. The molecule has 0 saturated heterocycles. The second-order valence-electron chi connectivity index (χ2n) is 5.58. The fraction of sp³-hybridized carbons (Fsp3) is 0.600. The molecule has 1 saturated carbocycles. The summed E-state index contributed by atoms with van der Waals surface area (Å²) >= 11 is 1.36. The first-order valence-electron chi connectivity index (χ1n) is 7.35. The van der Waals surface area contributed by atoms with E-state index in [2.05, 4.69) is 10.6 Å². The average Bonchev–Trinajstić information content (AvgIpc) is 3.02. The molecule has 1 fully saturated rings. The highest BCUT2D eigenvalue weighted by Crippen LogP contribution is 2.23. The summed E-state index contributed by atoms with van der Waals surface area (Å²) < 4.78 is 0. The average molecular weight is 310 g/mol. The molecule has 1 heterocycles. The van der Waals surface area contributed by atoms with Crippen molar-refractivity contribution in [2.45, 2.75) is 44.7 Å². The van der Waals surface area contributed by atoms with Crippen molar-refractivity contribution in [3.63, 3.8) is 0 Å². The van der Waals surface area contributed by atoms with Crippen molar-refractivity contribution in [2.24, 2.45) is 5.92 Å². The van der Waals surface area contributed by atoms with E-state index in [1.54, 1.807) is 13.0 Å². The molecular formula is C15H22N2O3S. The van der Waals surface area contributed by atoms with Crippen molar-refractivity contribution >= 4 is 23.2 Å². The fourth-order valence-corrected chi connectivity index (χ4v) is 3.18. The van der Waals surface area contributed by atoms with Gasteiger partial charge in [0.05, 0.1) is 4.88 Å². The first-order valence-corrected chi connectivity index (χ1v) is 8.23. The number of carbonyl (C=O) groups is 2. The van der Waals surface area contributed by atoms with Gasteiger partial charge >= 0.3 is 0 Å². The van der Waals surface area contributed by atoms with Crippen molar-refractivity contribution < 1.29 is 14.7 Å². The van der Waals surface area contributed by atoms with E-state index >= 15 is 0 Å². The van der Waals surface area contributed by atoms with Crippen LogP contribution < -0.4 is 10.6 Å². The van der Waals surface area contributed by atoms with Crippen LogP contribution in [0.25, 0.3) is 0 Å². The Hall–Kier alpha value is -1.40. The van der Waals surface area contributed by atoms with Gasteiger partial charge in [0.15, 0.2) is 0 Å². The molecule has 1 atom stereocenters. The van der Waals surface area contributed by atoms with Gasteiger partial charge < -0.3 is 15.7 Å². The third kappa shape index (κ3) is 4.54. The van der Waals surface area contributed by atoms with Gasteiger partial charge in [-0.25, -0.2) is 0 Å². The topological polar surface area (TPSA) is 78.4 Å². The Labute approximate surface area is 128 Å². The summed E-state index contributed by atoms with van der Waals surface area (Å²) in [6.45, 7) is 1.92. The number of rotatable bonds is 5. The number of aliphatic hydroxyl groups excluding tert-OH is 1. The molecule has 1 aromatic rings.